The lowest BCUT2D eigenvalue weighted by molar-refractivity contribution is -0.137. The van der Waals surface area contributed by atoms with Crippen molar-refractivity contribution < 1.29 is 22.4 Å². The molecule has 0 fully saturated rings. The Kier molecular flexibility index (Phi) is 6.50. The molecule has 3 heterocycles. The summed E-state index contributed by atoms with van der Waals surface area (Å²) in [7, 11) is 0. The second-order valence-corrected chi connectivity index (χ2v) is 8.33. The van der Waals surface area contributed by atoms with Gasteiger partial charge in [-0.2, -0.15) is 13.2 Å². The fourth-order valence-electron chi connectivity index (χ4n) is 3.32. The number of aromatic nitrogens is 1. The third-order valence-electron chi connectivity index (χ3n) is 4.97. The summed E-state index contributed by atoms with van der Waals surface area (Å²) >= 11 is 1.41. The topological polar surface area (TPSA) is 67.2 Å². The molecule has 1 atom stereocenters. The van der Waals surface area contributed by atoms with Crippen LogP contribution in [0.4, 0.5) is 24.0 Å². The van der Waals surface area contributed by atoms with Crippen LogP contribution in [0.3, 0.4) is 0 Å². The van der Waals surface area contributed by atoms with Gasteiger partial charge >= 0.3 is 6.18 Å². The van der Waals surface area contributed by atoms with Gasteiger partial charge in [0, 0.05) is 16.6 Å². The van der Waals surface area contributed by atoms with Crippen molar-refractivity contribution in [2.45, 2.75) is 25.6 Å². The molecule has 0 saturated heterocycles. The molecule has 33 heavy (non-hydrogen) atoms. The van der Waals surface area contributed by atoms with Crippen molar-refractivity contribution in [3.63, 3.8) is 0 Å². The van der Waals surface area contributed by atoms with Crippen LogP contribution >= 0.6 is 11.3 Å². The predicted molar refractivity (Wildman–Crippen MR) is 122 cm³/mol. The van der Waals surface area contributed by atoms with E-state index in [-0.39, 0.29) is 5.76 Å². The Labute approximate surface area is 192 Å². The number of pyridine rings is 1. The number of benzene rings is 1. The number of alkyl halides is 3. The Morgan fingerprint density at radius 3 is 2.52 bits per heavy atom. The number of thiophene rings is 1. The van der Waals surface area contributed by atoms with Crippen molar-refractivity contribution in [3.05, 3.63) is 100 Å². The number of carbonyl (C=O) groups is 1. The van der Waals surface area contributed by atoms with Crippen molar-refractivity contribution >= 4 is 28.1 Å². The Morgan fingerprint density at radius 2 is 1.91 bits per heavy atom. The van der Waals surface area contributed by atoms with Gasteiger partial charge in [0.1, 0.15) is 10.8 Å². The SMILES string of the molecule is CCc1cc(C(Nc2ccccn2)c2ccc(C(F)(F)F)cc2)c(NC(=O)c2ccco2)s1. The highest BCUT2D eigenvalue weighted by Crippen LogP contribution is 2.39. The highest BCUT2D eigenvalue weighted by molar-refractivity contribution is 7.16. The quantitative estimate of drug-likeness (QED) is 0.312. The summed E-state index contributed by atoms with van der Waals surface area (Å²) in [6.45, 7) is 1.99. The van der Waals surface area contributed by atoms with Crippen LogP contribution in [0.1, 0.15) is 45.1 Å². The summed E-state index contributed by atoms with van der Waals surface area (Å²) < 4.78 is 44.5. The number of halogens is 3. The molecule has 4 aromatic rings. The van der Waals surface area contributed by atoms with Gasteiger partial charge in [-0.15, -0.1) is 11.3 Å². The minimum absolute atomic E-state index is 0.163. The van der Waals surface area contributed by atoms with Gasteiger partial charge in [0.25, 0.3) is 5.91 Å². The van der Waals surface area contributed by atoms with Crippen molar-refractivity contribution in [2.24, 2.45) is 0 Å². The molecule has 3 aromatic heterocycles. The molecule has 0 spiro atoms. The first-order valence-corrected chi connectivity index (χ1v) is 11.0. The van der Waals surface area contributed by atoms with E-state index in [1.165, 1.54) is 29.7 Å². The maximum Gasteiger partial charge on any atom is 0.416 e. The Hall–Kier alpha value is -3.59. The van der Waals surface area contributed by atoms with E-state index in [0.717, 1.165) is 29.0 Å². The summed E-state index contributed by atoms with van der Waals surface area (Å²) in [6.07, 6.45) is -0.661. The highest BCUT2D eigenvalue weighted by atomic mass is 32.1. The number of amides is 1. The fourth-order valence-corrected chi connectivity index (χ4v) is 4.35. The largest absolute Gasteiger partial charge is 0.459 e. The van der Waals surface area contributed by atoms with Gasteiger partial charge in [-0.25, -0.2) is 4.98 Å². The average molecular weight is 472 g/mol. The van der Waals surface area contributed by atoms with Gasteiger partial charge in [0.05, 0.1) is 17.9 Å². The molecule has 0 aliphatic rings. The zero-order valence-electron chi connectivity index (χ0n) is 17.5. The molecule has 1 amide bonds. The van der Waals surface area contributed by atoms with E-state index in [1.807, 2.05) is 19.1 Å². The molecule has 0 saturated carbocycles. The summed E-state index contributed by atoms with van der Waals surface area (Å²) in [6, 6.07) is 14.9. The summed E-state index contributed by atoms with van der Waals surface area (Å²) in [5.74, 6) is 0.306. The highest BCUT2D eigenvalue weighted by Gasteiger charge is 2.31. The van der Waals surface area contributed by atoms with Crippen LogP contribution in [0.15, 0.2) is 77.5 Å². The zero-order chi connectivity index (χ0) is 23.4. The average Bonchev–Trinajstić information content (AvgIpc) is 3.48. The number of anilines is 2. The molecule has 5 nitrogen and oxygen atoms in total. The second kappa shape index (κ2) is 9.50. The van der Waals surface area contributed by atoms with Crippen LogP contribution in [0, 0.1) is 0 Å². The molecule has 9 heteroatoms. The van der Waals surface area contributed by atoms with E-state index < -0.39 is 23.7 Å². The number of furan rings is 1. The lowest BCUT2D eigenvalue weighted by atomic mass is 9.98. The third-order valence-corrected chi connectivity index (χ3v) is 6.18. The number of aryl methyl sites for hydroxylation is 1. The number of nitrogens with zero attached hydrogens (tertiary/aromatic N) is 1. The van der Waals surface area contributed by atoms with Crippen molar-refractivity contribution in [2.75, 3.05) is 10.6 Å². The lowest BCUT2D eigenvalue weighted by Crippen LogP contribution is -2.17. The van der Waals surface area contributed by atoms with E-state index in [2.05, 4.69) is 15.6 Å². The van der Waals surface area contributed by atoms with E-state index in [0.29, 0.717) is 16.4 Å². The van der Waals surface area contributed by atoms with Crippen LogP contribution in [-0.4, -0.2) is 10.9 Å². The Bertz CT molecular complexity index is 1200. The molecule has 2 N–H and O–H groups in total. The summed E-state index contributed by atoms with van der Waals surface area (Å²) in [5, 5.41) is 6.76. The van der Waals surface area contributed by atoms with Crippen LogP contribution in [-0.2, 0) is 12.6 Å². The van der Waals surface area contributed by atoms with Gasteiger partial charge in [0.15, 0.2) is 5.76 Å². The monoisotopic (exact) mass is 471 g/mol. The van der Waals surface area contributed by atoms with E-state index in [1.54, 1.807) is 30.5 Å². The zero-order valence-corrected chi connectivity index (χ0v) is 18.3. The lowest BCUT2D eigenvalue weighted by Gasteiger charge is -2.21. The Balaban J connectivity index is 1.75. The summed E-state index contributed by atoms with van der Waals surface area (Å²) in [5.41, 5.74) is 0.596. The maximum absolute atomic E-state index is 13.1. The number of rotatable bonds is 7. The van der Waals surface area contributed by atoms with Crippen LogP contribution in [0.25, 0.3) is 0 Å². The first-order valence-electron chi connectivity index (χ1n) is 10.2. The van der Waals surface area contributed by atoms with E-state index in [4.69, 9.17) is 4.42 Å². The molecule has 170 valence electrons. The second-order valence-electron chi connectivity index (χ2n) is 7.19. The van der Waals surface area contributed by atoms with Gasteiger partial charge in [-0.3, -0.25) is 4.79 Å². The normalized spacial score (nSPS) is 12.4. The van der Waals surface area contributed by atoms with E-state index in [9.17, 15) is 18.0 Å². The third kappa shape index (κ3) is 5.25. The number of nitrogens with one attached hydrogen (secondary N) is 2. The molecule has 0 aliphatic carbocycles. The fraction of sp³-hybridized carbons (Fsp3) is 0.167. The smallest absolute Gasteiger partial charge is 0.416 e. The van der Waals surface area contributed by atoms with Gasteiger partial charge < -0.3 is 15.1 Å². The van der Waals surface area contributed by atoms with Crippen molar-refractivity contribution in [1.82, 2.24) is 4.98 Å². The molecular weight excluding hydrogens is 451 g/mol. The first-order chi connectivity index (χ1) is 15.8. The van der Waals surface area contributed by atoms with Crippen molar-refractivity contribution in [1.29, 1.82) is 0 Å². The molecule has 1 aromatic carbocycles. The number of hydrogen-bond donors (Lipinski definition) is 2. The van der Waals surface area contributed by atoms with Crippen LogP contribution < -0.4 is 10.6 Å². The Morgan fingerprint density at radius 1 is 1.12 bits per heavy atom. The van der Waals surface area contributed by atoms with Crippen LogP contribution in [0.2, 0.25) is 0 Å². The molecule has 0 aliphatic heterocycles. The maximum atomic E-state index is 13.1. The molecule has 4 rings (SSSR count). The standard InChI is InChI=1S/C24H20F3N3O2S/c1-2-17-14-18(23(33-17)30-22(31)19-6-5-13-32-19)21(29-20-7-3-4-12-28-20)15-8-10-16(11-9-15)24(25,26)27/h3-14,21H,2H2,1H3,(H,28,29)(H,30,31). The first kappa shape index (κ1) is 22.6. The minimum Gasteiger partial charge on any atom is -0.459 e. The number of carbonyl (C=O) groups excluding carboxylic acids is 1. The van der Waals surface area contributed by atoms with Gasteiger partial charge in [-0.05, 0) is 54.4 Å². The van der Waals surface area contributed by atoms with Crippen LogP contribution in [0.5, 0.6) is 0 Å². The van der Waals surface area contributed by atoms with E-state index >= 15 is 0 Å². The van der Waals surface area contributed by atoms with Crippen molar-refractivity contribution in [3.8, 4) is 0 Å². The van der Waals surface area contributed by atoms with Gasteiger partial charge in [-0.1, -0.05) is 25.1 Å². The predicted octanol–water partition coefficient (Wildman–Crippen LogP) is 6.77. The van der Waals surface area contributed by atoms with Gasteiger partial charge in [0.2, 0.25) is 0 Å². The molecule has 1 unspecified atom stereocenters. The molecule has 0 radical (unpaired) electrons. The summed E-state index contributed by atoms with van der Waals surface area (Å²) in [4.78, 5) is 17.9. The number of hydrogen-bond acceptors (Lipinski definition) is 5. The molecule has 0 bridgehead atoms. The molecular formula is C24H20F3N3O2S. The minimum atomic E-state index is -4.43.